The second-order valence-corrected chi connectivity index (χ2v) is 17.1. The van der Waals surface area contributed by atoms with E-state index in [1.165, 1.54) is 13.0 Å². The molecule has 1 aromatic heterocycles. The topological polar surface area (TPSA) is 62.4 Å². The van der Waals surface area contributed by atoms with Gasteiger partial charge < -0.3 is 9.75 Å². The molecule has 7 heteroatoms. The van der Waals surface area contributed by atoms with Crippen LogP contribution in [0.4, 0.5) is 0 Å². The van der Waals surface area contributed by atoms with Crippen molar-refractivity contribution in [2.75, 3.05) is 0 Å². The van der Waals surface area contributed by atoms with Crippen molar-refractivity contribution in [2.45, 2.75) is 59.7 Å². The molecular formula is C17H31FeN3OSi2. The van der Waals surface area contributed by atoms with Crippen LogP contribution >= 0.6 is 0 Å². The van der Waals surface area contributed by atoms with Gasteiger partial charge in [0.15, 0.2) is 0 Å². The predicted molar refractivity (Wildman–Crippen MR) is 105 cm³/mol. The first kappa shape index (κ1) is 25.5. The zero-order valence-electron chi connectivity index (χ0n) is 16.2. The zero-order valence-corrected chi connectivity index (χ0v) is 19.3. The van der Waals surface area contributed by atoms with E-state index in [1.54, 1.807) is 6.20 Å². The van der Waals surface area contributed by atoms with E-state index in [9.17, 15) is 5.11 Å². The Balaban J connectivity index is 0. The molecule has 0 N–H and O–H groups in total. The Labute approximate surface area is 160 Å². The van der Waals surface area contributed by atoms with Gasteiger partial charge in [-0.05, 0) is 19.1 Å². The Morgan fingerprint density at radius 2 is 1.67 bits per heavy atom. The molecule has 0 bridgehead atoms. The van der Waals surface area contributed by atoms with Crippen LogP contribution in [0.25, 0.3) is 4.65 Å². The fraction of sp³-hybridized carbons (Fsp3) is 0.529. The molecule has 0 aliphatic carbocycles. The van der Waals surface area contributed by atoms with E-state index in [0.717, 1.165) is 11.4 Å². The first-order valence-corrected chi connectivity index (χ1v) is 14.8. The van der Waals surface area contributed by atoms with E-state index >= 15 is 0 Å². The standard InChI is InChI=1S/C11H14N2O.C6H18NSi2.Fe/c1-9(7-10(2)14)13-8-11-5-3-4-6-12-11;1-8(2,3)7-9(4,5)6;/h3-7,14H,8H2,1-2H3;1-6H3;/q;-1;+2/p-1/b10-7-,13-9?;;. The van der Waals surface area contributed by atoms with Crippen molar-refractivity contribution in [2.24, 2.45) is 4.99 Å². The molecule has 0 fully saturated rings. The Morgan fingerprint density at radius 1 is 1.12 bits per heavy atom. The van der Waals surface area contributed by atoms with Gasteiger partial charge in [-0.3, -0.25) is 9.98 Å². The Hall–Kier alpha value is -0.727. The monoisotopic (exact) mass is 405 g/mol. The SMILES string of the molecule is CC(/C=C(/C)[O-])=NCc1ccccn1.C[Si](C)(C)[N-][Si](C)(C)C.[Fe+2]. The van der Waals surface area contributed by atoms with Gasteiger partial charge in [-0.2, -0.15) is 0 Å². The van der Waals surface area contributed by atoms with Gasteiger partial charge >= 0.3 is 17.1 Å². The van der Waals surface area contributed by atoms with Crippen LogP contribution in [0.3, 0.4) is 0 Å². The van der Waals surface area contributed by atoms with Crippen LogP contribution in [0, 0.1) is 0 Å². The Bertz CT molecular complexity index is 505. The molecule has 0 saturated heterocycles. The number of rotatable bonds is 5. The molecule has 24 heavy (non-hydrogen) atoms. The predicted octanol–water partition coefficient (Wildman–Crippen LogP) is 4.33. The molecule has 136 valence electrons. The quantitative estimate of drug-likeness (QED) is 0.416. The summed E-state index contributed by atoms with van der Waals surface area (Å²) in [6.07, 6.45) is 3.25. The van der Waals surface area contributed by atoms with Crippen LogP contribution in [-0.2, 0) is 23.6 Å². The van der Waals surface area contributed by atoms with Crippen molar-refractivity contribution >= 4 is 22.2 Å². The molecule has 0 spiro atoms. The fourth-order valence-corrected chi connectivity index (χ4v) is 10.1. The van der Waals surface area contributed by atoms with E-state index < -0.39 is 16.5 Å². The number of allylic oxidation sites excluding steroid dienone is 2. The van der Waals surface area contributed by atoms with Crippen LogP contribution in [0.5, 0.6) is 0 Å². The van der Waals surface area contributed by atoms with Gasteiger partial charge in [0.05, 0.1) is 12.2 Å². The first-order valence-electron chi connectivity index (χ1n) is 7.89. The first-order chi connectivity index (χ1) is 10.4. The number of hydrogen-bond acceptors (Lipinski definition) is 3. The molecule has 0 aromatic carbocycles. The number of nitrogens with zero attached hydrogens (tertiary/aromatic N) is 3. The zero-order chi connectivity index (χ0) is 18.1. The minimum absolute atomic E-state index is 0. The minimum Gasteiger partial charge on any atom is -0.876 e. The Kier molecular flexibility index (Phi) is 12.5. The molecule has 0 unspecified atom stereocenters. The molecule has 1 heterocycles. The van der Waals surface area contributed by atoms with Gasteiger partial charge in [0.25, 0.3) is 0 Å². The van der Waals surface area contributed by atoms with E-state index in [-0.39, 0.29) is 22.8 Å². The Morgan fingerprint density at radius 3 is 2.00 bits per heavy atom. The molecule has 1 rings (SSSR count). The van der Waals surface area contributed by atoms with Gasteiger partial charge in [0.1, 0.15) is 0 Å². The van der Waals surface area contributed by atoms with Gasteiger partial charge in [-0.25, -0.2) is 0 Å². The maximum absolute atomic E-state index is 10.7. The third-order valence-electron chi connectivity index (χ3n) is 2.30. The van der Waals surface area contributed by atoms with E-state index in [1.807, 2.05) is 25.1 Å². The molecule has 0 amide bonds. The summed E-state index contributed by atoms with van der Waals surface area (Å²) in [5.74, 6) is 0.0206. The minimum atomic E-state index is -1.11. The van der Waals surface area contributed by atoms with Crippen molar-refractivity contribution in [3.8, 4) is 0 Å². The van der Waals surface area contributed by atoms with Crippen LogP contribution in [0.15, 0.2) is 41.2 Å². The summed E-state index contributed by atoms with van der Waals surface area (Å²) in [5, 5.41) is 10.7. The molecule has 4 nitrogen and oxygen atoms in total. The van der Waals surface area contributed by atoms with Crippen molar-refractivity contribution in [3.63, 3.8) is 0 Å². The summed E-state index contributed by atoms with van der Waals surface area (Å²) in [6, 6.07) is 5.69. The summed E-state index contributed by atoms with van der Waals surface area (Å²) in [6.45, 7) is 17.6. The maximum Gasteiger partial charge on any atom is 2.00 e. The summed E-state index contributed by atoms with van der Waals surface area (Å²) < 4.78 is 4.82. The fourth-order valence-electron chi connectivity index (χ4n) is 2.04. The molecular weight excluding hydrogens is 374 g/mol. The third kappa shape index (κ3) is 17.6. The molecule has 0 aliphatic rings. The largest absolute Gasteiger partial charge is 2.00 e. The molecule has 0 radical (unpaired) electrons. The van der Waals surface area contributed by atoms with Gasteiger partial charge in [-0.1, -0.05) is 74.8 Å². The van der Waals surface area contributed by atoms with Gasteiger partial charge in [-0.15, -0.1) is 5.76 Å². The summed E-state index contributed by atoms with van der Waals surface area (Å²) >= 11 is 0. The van der Waals surface area contributed by atoms with Crippen molar-refractivity contribution in [3.05, 3.63) is 46.6 Å². The van der Waals surface area contributed by atoms with Crippen LogP contribution < -0.4 is 5.11 Å². The van der Waals surface area contributed by atoms with E-state index in [4.69, 9.17) is 4.65 Å². The summed E-state index contributed by atoms with van der Waals surface area (Å²) in [4.78, 5) is 8.34. The maximum atomic E-state index is 10.7. The van der Waals surface area contributed by atoms with Crippen LogP contribution in [0.1, 0.15) is 19.5 Å². The van der Waals surface area contributed by atoms with Gasteiger partial charge in [0, 0.05) is 11.9 Å². The number of aliphatic imine (C=N–C) groups is 1. The summed E-state index contributed by atoms with van der Waals surface area (Å²) in [7, 11) is -2.21. The van der Waals surface area contributed by atoms with E-state index in [2.05, 4.69) is 49.3 Å². The average Bonchev–Trinajstić information content (AvgIpc) is 2.33. The molecule has 0 atom stereocenters. The van der Waals surface area contributed by atoms with E-state index in [0.29, 0.717) is 6.54 Å². The molecule has 0 aliphatic heterocycles. The van der Waals surface area contributed by atoms with Crippen LogP contribution in [0.2, 0.25) is 39.3 Å². The van der Waals surface area contributed by atoms with Crippen molar-refractivity contribution < 1.29 is 22.2 Å². The molecule has 1 aromatic rings. The summed E-state index contributed by atoms with van der Waals surface area (Å²) in [5.41, 5.74) is 1.65. The second kappa shape index (κ2) is 11.8. The number of aromatic nitrogens is 1. The molecule has 0 saturated carbocycles. The second-order valence-electron chi connectivity index (χ2n) is 7.49. The van der Waals surface area contributed by atoms with Crippen LogP contribution in [-0.4, -0.2) is 27.2 Å². The van der Waals surface area contributed by atoms with Gasteiger partial charge in [0.2, 0.25) is 0 Å². The number of pyridine rings is 1. The normalized spacial score (nSPS) is 12.8. The number of hydrogen-bond donors (Lipinski definition) is 0. The average molecular weight is 405 g/mol. The van der Waals surface area contributed by atoms with Crippen molar-refractivity contribution in [1.82, 2.24) is 4.98 Å². The third-order valence-corrected chi connectivity index (χ3v) is 7.67. The smallest absolute Gasteiger partial charge is 0.876 e. The van der Waals surface area contributed by atoms with Crippen molar-refractivity contribution in [1.29, 1.82) is 0 Å².